The van der Waals surface area contributed by atoms with Crippen LogP contribution in [0.25, 0.3) is 0 Å². The highest BCUT2D eigenvalue weighted by Gasteiger charge is 2.31. The first-order chi connectivity index (χ1) is 12.5. The van der Waals surface area contributed by atoms with Gasteiger partial charge in [0.25, 0.3) is 15.9 Å². The maximum absolute atomic E-state index is 12.7. The van der Waals surface area contributed by atoms with Crippen LogP contribution in [-0.2, 0) is 16.2 Å². The van der Waals surface area contributed by atoms with Crippen LogP contribution in [0.4, 0.5) is 13.2 Å². The number of hydrazine groups is 1. The number of amides is 1. The third-order valence-electron chi connectivity index (χ3n) is 3.26. The molecule has 146 valence electrons. The van der Waals surface area contributed by atoms with Gasteiger partial charge in [0.2, 0.25) is 0 Å². The molecule has 0 unspecified atom stereocenters. The first-order valence-corrected chi connectivity index (χ1v) is 9.23. The van der Waals surface area contributed by atoms with E-state index in [1.54, 1.807) is 4.83 Å². The fraction of sp³-hybridized carbons (Fsp3) is 0.235. The number of halogens is 3. The van der Waals surface area contributed by atoms with Crippen LogP contribution in [0.15, 0.2) is 53.4 Å². The number of benzene rings is 2. The van der Waals surface area contributed by atoms with E-state index < -0.39 is 32.6 Å². The molecular weight excluding hydrogens is 385 g/mol. The van der Waals surface area contributed by atoms with Crippen LogP contribution in [0.5, 0.6) is 5.75 Å². The smallest absolute Gasteiger partial charge is 0.416 e. The molecule has 2 rings (SSSR count). The van der Waals surface area contributed by atoms with Gasteiger partial charge in [0.15, 0.2) is 0 Å². The van der Waals surface area contributed by atoms with Crippen LogP contribution in [0, 0.1) is 0 Å². The number of rotatable bonds is 6. The van der Waals surface area contributed by atoms with Gasteiger partial charge < -0.3 is 4.74 Å². The Labute approximate surface area is 154 Å². The highest BCUT2D eigenvalue weighted by atomic mass is 32.2. The van der Waals surface area contributed by atoms with Crippen LogP contribution in [0.2, 0.25) is 0 Å². The highest BCUT2D eigenvalue weighted by molar-refractivity contribution is 7.89. The largest absolute Gasteiger partial charge is 0.491 e. The summed E-state index contributed by atoms with van der Waals surface area (Å²) < 4.78 is 67.8. The van der Waals surface area contributed by atoms with Gasteiger partial charge >= 0.3 is 6.18 Å². The summed E-state index contributed by atoms with van der Waals surface area (Å²) in [5.41, 5.74) is 0.981. The molecule has 0 bridgehead atoms. The van der Waals surface area contributed by atoms with Gasteiger partial charge in [0, 0.05) is 5.56 Å². The van der Waals surface area contributed by atoms with E-state index >= 15 is 0 Å². The van der Waals surface area contributed by atoms with Gasteiger partial charge in [-0.25, -0.2) is 8.42 Å². The predicted molar refractivity (Wildman–Crippen MR) is 91.4 cm³/mol. The molecule has 1 amide bonds. The fourth-order valence-corrected chi connectivity index (χ4v) is 2.93. The van der Waals surface area contributed by atoms with E-state index in [9.17, 15) is 26.4 Å². The molecule has 0 atom stereocenters. The van der Waals surface area contributed by atoms with Gasteiger partial charge in [-0.05, 0) is 56.3 Å². The molecule has 10 heteroatoms. The molecule has 2 aromatic rings. The number of hydrogen-bond acceptors (Lipinski definition) is 4. The third kappa shape index (κ3) is 5.69. The lowest BCUT2D eigenvalue weighted by atomic mass is 10.2. The number of nitrogens with one attached hydrogen (secondary N) is 2. The van der Waals surface area contributed by atoms with E-state index in [1.165, 1.54) is 24.3 Å². The molecule has 0 aliphatic heterocycles. The monoisotopic (exact) mass is 402 g/mol. The maximum Gasteiger partial charge on any atom is 0.416 e. The SMILES string of the molecule is CC(C)Oc1ccc(C(=O)NNS(=O)(=O)c2cccc(C(F)(F)F)c2)cc1. The Balaban J connectivity index is 2.07. The van der Waals surface area contributed by atoms with E-state index in [0.717, 1.165) is 18.2 Å². The minimum atomic E-state index is -4.69. The van der Waals surface area contributed by atoms with Crippen molar-refractivity contribution in [2.45, 2.75) is 31.0 Å². The number of carbonyl (C=O) groups excluding carboxylic acids is 1. The summed E-state index contributed by atoms with van der Waals surface area (Å²) in [6, 6.07) is 9.10. The van der Waals surface area contributed by atoms with Crippen molar-refractivity contribution in [2.75, 3.05) is 0 Å². The Hall–Kier alpha value is -2.59. The molecule has 0 spiro atoms. The molecule has 0 fully saturated rings. The quantitative estimate of drug-likeness (QED) is 0.728. The Morgan fingerprint density at radius 1 is 1.07 bits per heavy atom. The average Bonchev–Trinajstić information content (AvgIpc) is 2.59. The van der Waals surface area contributed by atoms with Crippen LogP contribution >= 0.6 is 0 Å². The predicted octanol–water partition coefficient (Wildman–Crippen LogP) is 3.12. The lowest BCUT2D eigenvalue weighted by Crippen LogP contribution is -2.41. The molecule has 0 aliphatic rings. The van der Waals surface area contributed by atoms with Gasteiger partial charge in [-0.15, -0.1) is 4.83 Å². The van der Waals surface area contributed by atoms with Gasteiger partial charge in [-0.2, -0.15) is 13.2 Å². The van der Waals surface area contributed by atoms with Crippen molar-refractivity contribution < 1.29 is 31.1 Å². The van der Waals surface area contributed by atoms with Gasteiger partial charge in [-0.1, -0.05) is 6.07 Å². The van der Waals surface area contributed by atoms with Crippen molar-refractivity contribution in [1.29, 1.82) is 0 Å². The molecule has 2 N–H and O–H groups in total. The molecule has 27 heavy (non-hydrogen) atoms. The Kier molecular flexibility index (Phi) is 6.11. The van der Waals surface area contributed by atoms with E-state index in [1.807, 2.05) is 19.3 Å². The molecule has 6 nitrogen and oxygen atoms in total. The summed E-state index contributed by atoms with van der Waals surface area (Å²) in [4.78, 5) is 13.2. The topological polar surface area (TPSA) is 84.5 Å². The fourth-order valence-electron chi connectivity index (χ4n) is 2.04. The zero-order valence-corrected chi connectivity index (χ0v) is 15.2. The van der Waals surface area contributed by atoms with E-state index in [0.29, 0.717) is 11.8 Å². The maximum atomic E-state index is 12.7. The Bertz CT molecular complexity index is 911. The lowest BCUT2D eigenvalue weighted by molar-refractivity contribution is -0.137. The summed E-state index contributed by atoms with van der Waals surface area (Å²) in [6.07, 6.45) is -4.74. The Morgan fingerprint density at radius 3 is 2.26 bits per heavy atom. The number of carbonyl (C=O) groups is 1. The number of ether oxygens (including phenoxy) is 1. The normalized spacial score (nSPS) is 12.1. The van der Waals surface area contributed by atoms with E-state index in [4.69, 9.17) is 4.74 Å². The molecular formula is C17H17F3N2O4S. The second kappa shape index (κ2) is 7.97. The van der Waals surface area contributed by atoms with Gasteiger partial charge in [0.1, 0.15) is 5.75 Å². The van der Waals surface area contributed by atoms with Crippen LogP contribution in [0.3, 0.4) is 0 Å². The van der Waals surface area contributed by atoms with Crippen LogP contribution < -0.4 is 15.0 Å². The Morgan fingerprint density at radius 2 is 1.70 bits per heavy atom. The van der Waals surface area contributed by atoms with Crippen molar-refractivity contribution in [1.82, 2.24) is 10.3 Å². The van der Waals surface area contributed by atoms with E-state index in [2.05, 4.69) is 0 Å². The number of hydrogen-bond donors (Lipinski definition) is 2. The molecule has 2 aromatic carbocycles. The van der Waals surface area contributed by atoms with Crippen molar-refractivity contribution in [2.24, 2.45) is 0 Å². The summed E-state index contributed by atoms with van der Waals surface area (Å²) in [6.45, 7) is 3.67. The molecule has 0 saturated heterocycles. The first-order valence-electron chi connectivity index (χ1n) is 7.75. The second-order valence-corrected chi connectivity index (χ2v) is 7.46. The zero-order chi connectivity index (χ0) is 20.2. The standard InChI is InChI=1S/C17H17F3N2O4S/c1-11(2)26-14-8-6-12(7-9-14)16(23)21-22-27(24,25)15-5-3-4-13(10-15)17(18,19)20/h3-11,22H,1-2H3,(H,21,23). The average molecular weight is 402 g/mol. The highest BCUT2D eigenvalue weighted by Crippen LogP contribution is 2.30. The van der Waals surface area contributed by atoms with Gasteiger partial charge in [0.05, 0.1) is 16.6 Å². The van der Waals surface area contributed by atoms with Crippen molar-refractivity contribution in [3.05, 3.63) is 59.7 Å². The van der Waals surface area contributed by atoms with Crippen molar-refractivity contribution in [3.63, 3.8) is 0 Å². The third-order valence-corrected chi connectivity index (χ3v) is 4.50. The molecule has 0 saturated carbocycles. The summed E-state index contributed by atoms with van der Waals surface area (Å²) in [7, 11) is -4.38. The number of sulfonamides is 1. The van der Waals surface area contributed by atoms with Crippen molar-refractivity contribution in [3.8, 4) is 5.75 Å². The number of alkyl halides is 3. The molecule has 0 aromatic heterocycles. The zero-order valence-electron chi connectivity index (χ0n) is 14.4. The lowest BCUT2D eigenvalue weighted by Gasteiger charge is -2.12. The van der Waals surface area contributed by atoms with Gasteiger partial charge in [-0.3, -0.25) is 10.2 Å². The minimum absolute atomic E-state index is 0.0519. The van der Waals surface area contributed by atoms with E-state index in [-0.39, 0.29) is 11.7 Å². The second-order valence-electron chi connectivity index (χ2n) is 5.78. The minimum Gasteiger partial charge on any atom is -0.491 e. The van der Waals surface area contributed by atoms with Crippen LogP contribution in [-0.4, -0.2) is 20.4 Å². The summed E-state index contributed by atoms with van der Waals surface area (Å²) >= 11 is 0. The molecule has 0 aliphatic carbocycles. The molecule has 0 radical (unpaired) electrons. The first kappa shape index (κ1) is 20.7. The van der Waals surface area contributed by atoms with Crippen molar-refractivity contribution >= 4 is 15.9 Å². The summed E-state index contributed by atoms with van der Waals surface area (Å²) in [5.74, 6) is -0.243. The van der Waals surface area contributed by atoms with Crippen LogP contribution in [0.1, 0.15) is 29.8 Å². The summed E-state index contributed by atoms with van der Waals surface area (Å²) in [5, 5.41) is 0. The molecule has 0 heterocycles.